The van der Waals surface area contributed by atoms with E-state index in [4.69, 9.17) is 9.72 Å². The van der Waals surface area contributed by atoms with Gasteiger partial charge in [0.2, 0.25) is 0 Å². The maximum atomic E-state index is 13.1. The molecule has 0 unspecified atom stereocenters. The molecule has 3 aromatic rings. The van der Waals surface area contributed by atoms with Gasteiger partial charge in [0.05, 0.1) is 17.4 Å². The van der Waals surface area contributed by atoms with Gasteiger partial charge in [0.15, 0.2) is 11.5 Å². The molecule has 0 atom stereocenters. The highest BCUT2D eigenvalue weighted by Crippen LogP contribution is 2.30. The number of benzene rings is 1. The van der Waals surface area contributed by atoms with Crippen LogP contribution in [0.15, 0.2) is 23.0 Å². The van der Waals surface area contributed by atoms with Crippen molar-refractivity contribution in [1.82, 2.24) is 14.9 Å². The number of amides is 1. The largest absolute Gasteiger partial charge is 0.493 e. The van der Waals surface area contributed by atoms with E-state index >= 15 is 0 Å². The summed E-state index contributed by atoms with van der Waals surface area (Å²) in [6, 6.07) is 4.75. The molecule has 3 heterocycles. The molecule has 176 valence electrons. The molecular formula is C23H25F2N3O4S. The number of alkyl halides is 2. The molecule has 0 saturated carbocycles. The van der Waals surface area contributed by atoms with Crippen molar-refractivity contribution < 1.29 is 23.0 Å². The molecule has 1 aliphatic rings. The highest BCUT2D eigenvalue weighted by molar-refractivity contribution is 7.20. The molecular weight excluding hydrogens is 452 g/mol. The average molecular weight is 478 g/mol. The summed E-state index contributed by atoms with van der Waals surface area (Å²) in [5, 5.41) is 3.37. The summed E-state index contributed by atoms with van der Waals surface area (Å²) >= 11 is 1.23. The fraction of sp³-hybridized carbons (Fsp3) is 0.435. The summed E-state index contributed by atoms with van der Waals surface area (Å²) in [5.74, 6) is 0.663. The van der Waals surface area contributed by atoms with Gasteiger partial charge in [-0.1, -0.05) is 12.5 Å². The number of methoxy groups -OCH3 is 1. The highest BCUT2D eigenvalue weighted by Gasteiger charge is 2.22. The van der Waals surface area contributed by atoms with Crippen molar-refractivity contribution in [2.45, 2.75) is 52.2 Å². The third-order valence-electron chi connectivity index (χ3n) is 5.76. The number of carbonyl (C=O) groups is 1. The van der Waals surface area contributed by atoms with Gasteiger partial charge in [-0.3, -0.25) is 14.2 Å². The summed E-state index contributed by atoms with van der Waals surface area (Å²) in [4.78, 5) is 31.7. The minimum Gasteiger partial charge on any atom is -0.493 e. The molecule has 1 aliphatic heterocycles. The van der Waals surface area contributed by atoms with Crippen LogP contribution in [0.25, 0.3) is 10.2 Å². The van der Waals surface area contributed by atoms with Crippen LogP contribution in [0.5, 0.6) is 11.5 Å². The maximum absolute atomic E-state index is 13.1. The van der Waals surface area contributed by atoms with E-state index in [-0.39, 0.29) is 29.5 Å². The van der Waals surface area contributed by atoms with Gasteiger partial charge in [-0.05, 0) is 49.4 Å². The number of halogens is 2. The lowest BCUT2D eigenvalue weighted by atomic mass is 10.1. The van der Waals surface area contributed by atoms with E-state index in [1.165, 1.54) is 24.5 Å². The van der Waals surface area contributed by atoms with E-state index in [1.54, 1.807) is 23.6 Å². The second-order valence-corrected chi connectivity index (χ2v) is 8.90. The molecule has 2 aromatic heterocycles. The first kappa shape index (κ1) is 23.2. The van der Waals surface area contributed by atoms with E-state index in [9.17, 15) is 18.4 Å². The summed E-state index contributed by atoms with van der Waals surface area (Å²) in [7, 11) is 1.37. The Kier molecular flexibility index (Phi) is 6.92. The molecule has 10 heteroatoms. The zero-order valence-corrected chi connectivity index (χ0v) is 19.3. The van der Waals surface area contributed by atoms with Crippen molar-refractivity contribution in [3.05, 3.63) is 50.4 Å². The lowest BCUT2D eigenvalue weighted by Gasteiger charge is -2.12. The number of nitrogens with one attached hydrogen (secondary N) is 1. The standard InChI is InChI=1S/C23H25F2N3O4S/c1-13-18-21(27-17-6-4-3-5-11-28(17)22(18)30)33-19(13)20(29)26-10-9-14-7-8-15(31-2)16(12-14)32-23(24)25/h7-8,12,23H,3-6,9-11H2,1-2H3,(H,26,29). The zero-order chi connectivity index (χ0) is 23.5. The van der Waals surface area contributed by atoms with Crippen LogP contribution < -0.4 is 20.3 Å². The fourth-order valence-corrected chi connectivity index (χ4v) is 5.20. The van der Waals surface area contributed by atoms with E-state index in [0.29, 0.717) is 39.2 Å². The summed E-state index contributed by atoms with van der Waals surface area (Å²) in [5.41, 5.74) is 1.28. The third-order valence-corrected chi connectivity index (χ3v) is 6.95. The van der Waals surface area contributed by atoms with Crippen LogP contribution in [0.3, 0.4) is 0 Å². The third kappa shape index (κ3) is 4.85. The van der Waals surface area contributed by atoms with Crippen LogP contribution in [0, 0.1) is 6.92 Å². The molecule has 4 rings (SSSR count). The lowest BCUT2D eigenvalue weighted by molar-refractivity contribution is -0.0512. The second-order valence-electron chi connectivity index (χ2n) is 7.90. The summed E-state index contributed by atoms with van der Waals surface area (Å²) in [6.07, 6.45) is 4.21. The molecule has 1 aromatic carbocycles. The van der Waals surface area contributed by atoms with Crippen molar-refractivity contribution in [2.75, 3.05) is 13.7 Å². The van der Waals surface area contributed by atoms with Crippen LogP contribution >= 0.6 is 11.3 Å². The van der Waals surface area contributed by atoms with Crippen LogP contribution in [0.4, 0.5) is 8.78 Å². The smallest absolute Gasteiger partial charge is 0.387 e. The van der Waals surface area contributed by atoms with Crippen molar-refractivity contribution in [2.24, 2.45) is 0 Å². The first-order valence-electron chi connectivity index (χ1n) is 10.8. The maximum Gasteiger partial charge on any atom is 0.387 e. The number of thiophene rings is 1. The first-order valence-corrected chi connectivity index (χ1v) is 11.6. The van der Waals surface area contributed by atoms with Crippen molar-refractivity contribution in [3.8, 4) is 11.5 Å². The van der Waals surface area contributed by atoms with E-state index in [1.807, 2.05) is 0 Å². The first-order chi connectivity index (χ1) is 15.9. The second kappa shape index (κ2) is 9.86. The number of nitrogens with zero attached hydrogens (tertiary/aromatic N) is 2. The number of aryl methyl sites for hydroxylation is 2. The Bertz CT molecular complexity index is 1240. The normalized spacial score (nSPS) is 13.6. The van der Waals surface area contributed by atoms with Crippen LogP contribution in [0.2, 0.25) is 0 Å². The van der Waals surface area contributed by atoms with Crippen molar-refractivity contribution >= 4 is 27.5 Å². The molecule has 1 amide bonds. The fourth-order valence-electron chi connectivity index (χ4n) is 4.09. The quantitative estimate of drug-likeness (QED) is 0.555. The van der Waals surface area contributed by atoms with Gasteiger partial charge in [0.1, 0.15) is 10.7 Å². The average Bonchev–Trinajstić information content (AvgIpc) is 2.94. The number of rotatable bonds is 7. The van der Waals surface area contributed by atoms with E-state index in [2.05, 4.69) is 10.1 Å². The Hall–Kier alpha value is -3.01. The lowest BCUT2D eigenvalue weighted by Crippen LogP contribution is -2.26. The van der Waals surface area contributed by atoms with Gasteiger partial charge in [-0.15, -0.1) is 11.3 Å². The molecule has 0 spiro atoms. The predicted octanol–water partition coefficient (Wildman–Crippen LogP) is 4.08. The molecule has 1 N–H and O–H groups in total. The van der Waals surface area contributed by atoms with Gasteiger partial charge in [0, 0.05) is 19.5 Å². The van der Waals surface area contributed by atoms with Gasteiger partial charge < -0.3 is 14.8 Å². The molecule has 0 saturated heterocycles. The topological polar surface area (TPSA) is 82.5 Å². The van der Waals surface area contributed by atoms with E-state index in [0.717, 1.165) is 31.5 Å². The van der Waals surface area contributed by atoms with Gasteiger partial charge in [-0.25, -0.2) is 4.98 Å². The Morgan fingerprint density at radius 2 is 2.09 bits per heavy atom. The molecule has 0 bridgehead atoms. The summed E-state index contributed by atoms with van der Waals surface area (Å²) in [6.45, 7) is -0.238. The predicted molar refractivity (Wildman–Crippen MR) is 122 cm³/mol. The SMILES string of the molecule is COc1ccc(CCNC(=O)c2sc3nc4n(c(=O)c3c2C)CCCCC4)cc1OC(F)F. The number of ether oxygens (including phenoxy) is 2. The minimum atomic E-state index is -2.96. The molecule has 0 aliphatic carbocycles. The van der Waals surface area contributed by atoms with Crippen LogP contribution in [-0.2, 0) is 19.4 Å². The van der Waals surface area contributed by atoms with Gasteiger partial charge in [0.25, 0.3) is 11.5 Å². The monoisotopic (exact) mass is 477 g/mol. The zero-order valence-electron chi connectivity index (χ0n) is 18.5. The Morgan fingerprint density at radius 1 is 1.27 bits per heavy atom. The minimum absolute atomic E-state index is 0.0528. The van der Waals surface area contributed by atoms with Crippen LogP contribution in [0.1, 0.15) is 45.9 Å². The van der Waals surface area contributed by atoms with Crippen molar-refractivity contribution in [1.29, 1.82) is 0 Å². The van der Waals surface area contributed by atoms with Gasteiger partial charge >= 0.3 is 6.61 Å². The Labute approximate surface area is 193 Å². The Balaban J connectivity index is 1.49. The molecule has 0 radical (unpaired) electrons. The molecule has 33 heavy (non-hydrogen) atoms. The highest BCUT2D eigenvalue weighted by atomic mass is 32.1. The van der Waals surface area contributed by atoms with Crippen molar-refractivity contribution in [3.63, 3.8) is 0 Å². The summed E-state index contributed by atoms with van der Waals surface area (Å²) < 4.78 is 36.5. The number of aromatic nitrogens is 2. The number of hydrogen-bond acceptors (Lipinski definition) is 6. The number of hydrogen-bond donors (Lipinski definition) is 1. The van der Waals surface area contributed by atoms with Gasteiger partial charge in [-0.2, -0.15) is 8.78 Å². The van der Waals surface area contributed by atoms with Crippen LogP contribution in [-0.4, -0.2) is 35.7 Å². The molecule has 7 nitrogen and oxygen atoms in total. The molecule has 0 fully saturated rings. The Morgan fingerprint density at radius 3 is 2.85 bits per heavy atom. The number of fused-ring (bicyclic) bond motifs is 2. The van der Waals surface area contributed by atoms with E-state index < -0.39 is 6.61 Å². The number of carbonyl (C=O) groups excluding carboxylic acids is 1.